The van der Waals surface area contributed by atoms with Crippen LogP contribution in [0.15, 0.2) is 4.99 Å². The monoisotopic (exact) mass is 342 g/mol. The van der Waals surface area contributed by atoms with Crippen LogP contribution in [0.5, 0.6) is 0 Å². The number of hydrogen-bond acceptors (Lipinski definition) is 4. The first-order valence-electron chi connectivity index (χ1n) is 9.51. The van der Waals surface area contributed by atoms with Gasteiger partial charge in [0.2, 0.25) is 0 Å². The van der Waals surface area contributed by atoms with Crippen LogP contribution in [0.1, 0.15) is 44.9 Å². The topological polar surface area (TPSA) is 58.1 Å². The van der Waals surface area contributed by atoms with Crippen LogP contribution < -0.4 is 10.6 Å². The van der Waals surface area contributed by atoms with Crippen molar-refractivity contribution in [2.24, 2.45) is 4.99 Å². The lowest BCUT2D eigenvalue weighted by molar-refractivity contribution is 0.0420. The molecule has 24 heavy (non-hydrogen) atoms. The van der Waals surface area contributed by atoms with Gasteiger partial charge in [0.1, 0.15) is 0 Å². The SMILES string of the molecule is CN=C(NCCCCCCCN(C)C)NCCCOC1CCOC1. The van der Waals surface area contributed by atoms with Gasteiger partial charge in [0, 0.05) is 33.4 Å². The normalized spacial score (nSPS) is 18.3. The molecule has 1 rings (SSSR count). The van der Waals surface area contributed by atoms with Crippen LogP contribution >= 0.6 is 0 Å². The van der Waals surface area contributed by atoms with E-state index >= 15 is 0 Å². The van der Waals surface area contributed by atoms with Gasteiger partial charge in [0.25, 0.3) is 0 Å². The first-order valence-corrected chi connectivity index (χ1v) is 9.51. The minimum absolute atomic E-state index is 0.306. The minimum atomic E-state index is 0.306. The van der Waals surface area contributed by atoms with Crippen LogP contribution in [0, 0.1) is 0 Å². The minimum Gasteiger partial charge on any atom is -0.379 e. The number of ether oxygens (including phenoxy) is 2. The molecule has 0 saturated carbocycles. The van der Waals surface area contributed by atoms with Crippen LogP contribution in [0.2, 0.25) is 0 Å². The highest BCUT2D eigenvalue weighted by Gasteiger charge is 2.15. The molecule has 1 fully saturated rings. The molecule has 2 N–H and O–H groups in total. The summed E-state index contributed by atoms with van der Waals surface area (Å²) in [5, 5.41) is 6.72. The number of rotatable bonds is 13. The van der Waals surface area contributed by atoms with Gasteiger partial charge in [-0.05, 0) is 46.3 Å². The molecule has 142 valence electrons. The largest absolute Gasteiger partial charge is 0.379 e. The first-order chi connectivity index (χ1) is 11.7. The number of unbranched alkanes of at least 4 members (excludes halogenated alkanes) is 4. The van der Waals surface area contributed by atoms with Gasteiger partial charge in [0.05, 0.1) is 12.7 Å². The molecule has 0 spiro atoms. The Kier molecular flexibility index (Phi) is 12.8. The molecule has 1 saturated heterocycles. The molecule has 1 heterocycles. The second kappa shape index (κ2) is 14.5. The molecule has 6 nitrogen and oxygen atoms in total. The van der Waals surface area contributed by atoms with E-state index in [4.69, 9.17) is 9.47 Å². The molecular weight excluding hydrogens is 304 g/mol. The van der Waals surface area contributed by atoms with E-state index in [1.165, 1.54) is 38.6 Å². The maximum absolute atomic E-state index is 5.75. The van der Waals surface area contributed by atoms with Gasteiger partial charge in [-0.2, -0.15) is 0 Å². The Morgan fingerprint density at radius 2 is 1.79 bits per heavy atom. The fraction of sp³-hybridized carbons (Fsp3) is 0.944. The van der Waals surface area contributed by atoms with Gasteiger partial charge in [-0.3, -0.25) is 4.99 Å². The van der Waals surface area contributed by atoms with Crippen molar-refractivity contribution in [3.8, 4) is 0 Å². The van der Waals surface area contributed by atoms with E-state index in [1.54, 1.807) is 0 Å². The summed E-state index contributed by atoms with van der Waals surface area (Å²) in [4.78, 5) is 6.51. The lowest BCUT2D eigenvalue weighted by Gasteiger charge is -2.13. The van der Waals surface area contributed by atoms with E-state index in [1.807, 2.05) is 7.05 Å². The quantitative estimate of drug-likeness (QED) is 0.304. The average molecular weight is 343 g/mol. The third-order valence-electron chi connectivity index (χ3n) is 4.15. The van der Waals surface area contributed by atoms with Crippen molar-refractivity contribution in [1.29, 1.82) is 0 Å². The summed E-state index contributed by atoms with van der Waals surface area (Å²) in [7, 11) is 6.10. The predicted octanol–water partition coefficient (Wildman–Crippen LogP) is 1.86. The molecule has 0 aromatic carbocycles. The molecule has 1 unspecified atom stereocenters. The molecule has 1 atom stereocenters. The van der Waals surface area contributed by atoms with Gasteiger partial charge in [-0.25, -0.2) is 0 Å². The molecule has 0 amide bonds. The number of hydrogen-bond donors (Lipinski definition) is 2. The molecule has 1 aliphatic heterocycles. The van der Waals surface area contributed by atoms with Crippen molar-refractivity contribution in [1.82, 2.24) is 15.5 Å². The number of aliphatic imine (C=N–C) groups is 1. The van der Waals surface area contributed by atoms with Crippen LogP contribution in [0.4, 0.5) is 0 Å². The van der Waals surface area contributed by atoms with Gasteiger partial charge in [0.15, 0.2) is 5.96 Å². The number of guanidine groups is 1. The molecule has 0 aliphatic carbocycles. The summed E-state index contributed by atoms with van der Waals surface area (Å²) < 4.78 is 11.0. The molecule has 6 heteroatoms. The van der Waals surface area contributed by atoms with Gasteiger partial charge >= 0.3 is 0 Å². The Morgan fingerprint density at radius 1 is 1.08 bits per heavy atom. The zero-order valence-corrected chi connectivity index (χ0v) is 16.0. The highest BCUT2D eigenvalue weighted by atomic mass is 16.5. The Bertz CT molecular complexity index is 318. The molecule has 0 aromatic rings. The van der Waals surface area contributed by atoms with Crippen LogP contribution in [0.25, 0.3) is 0 Å². The van der Waals surface area contributed by atoms with E-state index in [0.717, 1.165) is 51.7 Å². The Morgan fingerprint density at radius 3 is 2.46 bits per heavy atom. The Labute approximate surface area is 148 Å². The van der Waals surface area contributed by atoms with Gasteiger partial charge in [-0.15, -0.1) is 0 Å². The fourth-order valence-corrected chi connectivity index (χ4v) is 2.68. The molecule has 1 aliphatic rings. The number of nitrogens with zero attached hydrogens (tertiary/aromatic N) is 2. The zero-order valence-electron chi connectivity index (χ0n) is 16.0. The van der Waals surface area contributed by atoms with E-state index in [2.05, 4.69) is 34.6 Å². The Hall–Kier alpha value is -0.850. The summed E-state index contributed by atoms with van der Waals surface area (Å²) in [6.45, 7) is 5.46. The highest BCUT2D eigenvalue weighted by Crippen LogP contribution is 2.07. The third kappa shape index (κ3) is 11.6. The summed E-state index contributed by atoms with van der Waals surface area (Å²) >= 11 is 0. The standard InChI is InChI=1S/C18H38N4O2/c1-19-18(20-11-7-5-4-6-8-13-22(2)3)21-12-9-14-24-17-10-15-23-16-17/h17H,4-16H2,1-3H3,(H2,19,20,21). The predicted molar refractivity (Wildman–Crippen MR) is 101 cm³/mol. The van der Waals surface area contributed by atoms with E-state index in [0.29, 0.717) is 6.10 Å². The van der Waals surface area contributed by atoms with E-state index in [-0.39, 0.29) is 0 Å². The summed E-state index contributed by atoms with van der Waals surface area (Å²) in [6.07, 6.45) is 8.77. The molecule has 0 bridgehead atoms. The van der Waals surface area contributed by atoms with Crippen molar-refractivity contribution >= 4 is 5.96 Å². The van der Waals surface area contributed by atoms with Crippen LogP contribution in [0.3, 0.4) is 0 Å². The fourth-order valence-electron chi connectivity index (χ4n) is 2.68. The van der Waals surface area contributed by atoms with Crippen molar-refractivity contribution < 1.29 is 9.47 Å². The van der Waals surface area contributed by atoms with Crippen molar-refractivity contribution in [3.05, 3.63) is 0 Å². The maximum atomic E-state index is 5.75. The van der Waals surface area contributed by atoms with Crippen LogP contribution in [-0.2, 0) is 9.47 Å². The zero-order chi connectivity index (χ0) is 17.5. The van der Waals surface area contributed by atoms with Gasteiger partial charge in [-0.1, -0.05) is 19.3 Å². The van der Waals surface area contributed by atoms with Crippen molar-refractivity contribution in [2.75, 3.05) is 60.6 Å². The summed E-state index contributed by atoms with van der Waals surface area (Å²) in [6, 6.07) is 0. The van der Waals surface area contributed by atoms with E-state index < -0.39 is 0 Å². The van der Waals surface area contributed by atoms with Crippen LogP contribution in [-0.4, -0.2) is 77.6 Å². The van der Waals surface area contributed by atoms with Crippen molar-refractivity contribution in [2.45, 2.75) is 51.0 Å². The van der Waals surface area contributed by atoms with E-state index in [9.17, 15) is 0 Å². The van der Waals surface area contributed by atoms with Gasteiger partial charge < -0.3 is 25.0 Å². The smallest absolute Gasteiger partial charge is 0.190 e. The summed E-state index contributed by atoms with van der Waals surface area (Å²) in [5.41, 5.74) is 0. The lowest BCUT2D eigenvalue weighted by Crippen LogP contribution is -2.38. The molecule has 0 radical (unpaired) electrons. The second-order valence-electron chi connectivity index (χ2n) is 6.71. The summed E-state index contributed by atoms with van der Waals surface area (Å²) in [5.74, 6) is 0.895. The molecular formula is C18H38N4O2. The Balaban J connectivity index is 1.87. The average Bonchev–Trinajstić information content (AvgIpc) is 3.08. The van der Waals surface area contributed by atoms with Crippen molar-refractivity contribution in [3.63, 3.8) is 0 Å². The molecule has 0 aromatic heterocycles. The maximum Gasteiger partial charge on any atom is 0.190 e. The number of nitrogens with one attached hydrogen (secondary N) is 2. The third-order valence-corrected chi connectivity index (χ3v) is 4.15. The first kappa shape index (κ1) is 21.2. The lowest BCUT2D eigenvalue weighted by atomic mass is 10.1. The highest BCUT2D eigenvalue weighted by molar-refractivity contribution is 5.79. The second-order valence-corrected chi connectivity index (χ2v) is 6.71.